The molecular formula is C6H14Cu. The summed E-state index contributed by atoms with van der Waals surface area (Å²) < 4.78 is 0. The van der Waals surface area contributed by atoms with Crippen LogP contribution in [0.2, 0.25) is 0 Å². The minimum Gasteiger partial charge on any atom is -0.0654 e. The molecule has 1 heteroatoms. The summed E-state index contributed by atoms with van der Waals surface area (Å²) in [5.74, 6) is 0. The van der Waals surface area contributed by atoms with Gasteiger partial charge in [-0.2, -0.15) is 0 Å². The molecule has 1 radical (unpaired) electrons. The number of rotatable bonds is 3. The third-order valence-corrected chi connectivity index (χ3v) is 0.957. The average molecular weight is 150 g/mol. The van der Waals surface area contributed by atoms with Crippen molar-refractivity contribution in [2.24, 2.45) is 0 Å². The molecule has 0 bridgehead atoms. The molecule has 0 aliphatic carbocycles. The van der Waals surface area contributed by atoms with Crippen molar-refractivity contribution < 1.29 is 17.1 Å². The quantitative estimate of drug-likeness (QED) is 0.428. The van der Waals surface area contributed by atoms with Crippen LogP contribution in [0.1, 0.15) is 39.5 Å². The Morgan fingerprint density at radius 1 is 0.857 bits per heavy atom. The molecule has 0 aliphatic heterocycles. The van der Waals surface area contributed by atoms with E-state index in [0.717, 1.165) is 0 Å². The summed E-state index contributed by atoms with van der Waals surface area (Å²) in [4.78, 5) is 0. The first-order valence-corrected chi connectivity index (χ1v) is 2.91. The van der Waals surface area contributed by atoms with Crippen LogP contribution in [0.4, 0.5) is 0 Å². The van der Waals surface area contributed by atoms with Crippen LogP contribution < -0.4 is 0 Å². The van der Waals surface area contributed by atoms with Gasteiger partial charge in [-0.25, -0.2) is 0 Å². The minimum atomic E-state index is 0. The molecule has 0 amide bonds. The molecule has 0 aromatic heterocycles. The maximum absolute atomic E-state index is 2.23. The van der Waals surface area contributed by atoms with E-state index in [2.05, 4.69) is 13.8 Å². The SMILES string of the molecule is CCCCCC.[Cu]. The van der Waals surface area contributed by atoms with Gasteiger partial charge >= 0.3 is 0 Å². The molecule has 0 N–H and O–H groups in total. The normalized spacial score (nSPS) is 7.71. The van der Waals surface area contributed by atoms with Gasteiger partial charge in [-0.15, -0.1) is 0 Å². The Morgan fingerprint density at radius 3 is 1.29 bits per heavy atom. The van der Waals surface area contributed by atoms with Crippen molar-refractivity contribution in [3.63, 3.8) is 0 Å². The fraction of sp³-hybridized carbons (Fsp3) is 1.00. The topological polar surface area (TPSA) is 0 Å². The Bertz CT molecular complexity index is 16.1. The molecular weight excluding hydrogens is 136 g/mol. The maximum Gasteiger partial charge on any atom is 0 e. The zero-order valence-corrected chi connectivity index (χ0v) is 6.07. The summed E-state index contributed by atoms with van der Waals surface area (Å²) in [5.41, 5.74) is 0. The second-order valence-electron chi connectivity index (χ2n) is 1.71. The number of hydrogen-bond donors (Lipinski definition) is 0. The third kappa shape index (κ3) is 10.8. The van der Waals surface area contributed by atoms with Crippen molar-refractivity contribution in [2.45, 2.75) is 39.5 Å². The average Bonchev–Trinajstić information content (AvgIpc) is 1.61. The predicted molar refractivity (Wildman–Crippen MR) is 29.8 cm³/mol. The van der Waals surface area contributed by atoms with E-state index in [9.17, 15) is 0 Å². The molecule has 0 rings (SSSR count). The van der Waals surface area contributed by atoms with Gasteiger partial charge in [-0.1, -0.05) is 39.5 Å². The van der Waals surface area contributed by atoms with Crippen LogP contribution in [0, 0.1) is 0 Å². The Morgan fingerprint density at radius 2 is 1.14 bits per heavy atom. The van der Waals surface area contributed by atoms with Crippen LogP contribution in [0.5, 0.6) is 0 Å². The Labute approximate surface area is 57.2 Å². The summed E-state index contributed by atoms with van der Waals surface area (Å²) in [6.07, 6.45) is 5.54. The van der Waals surface area contributed by atoms with Crippen LogP contribution in [0.3, 0.4) is 0 Å². The molecule has 0 heterocycles. The predicted octanol–water partition coefficient (Wildman–Crippen LogP) is 2.58. The van der Waals surface area contributed by atoms with Crippen molar-refractivity contribution in [1.29, 1.82) is 0 Å². The molecule has 0 nitrogen and oxygen atoms in total. The van der Waals surface area contributed by atoms with Crippen molar-refractivity contribution >= 4 is 0 Å². The van der Waals surface area contributed by atoms with E-state index in [-0.39, 0.29) is 17.1 Å². The van der Waals surface area contributed by atoms with Crippen LogP contribution in [0.15, 0.2) is 0 Å². The molecule has 0 fully saturated rings. The zero-order valence-electron chi connectivity index (χ0n) is 5.13. The van der Waals surface area contributed by atoms with Gasteiger partial charge in [0.2, 0.25) is 0 Å². The smallest absolute Gasteiger partial charge is 0 e. The Hall–Kier alpha value is 0.519. The van der Waals surface area contributed by atoms with E-state index in [4.69, 9.17) is 0 Å². The second-order valence-corrected chi connectivity index (χ2v) is 1.71. The summed E-state index contributed by atoms with van der Waals surface area (Å²) in [6, 6.07) is 0. The zero-order chi connectivity index (χ0) is 4.83. The summed E-state index contributed by atoms with van der Waals surface area (Å²) >= 11 is 0. The molecule has 49 valence electrons. The van der Waals surface area contributed by atoms with Crippen molar-refractivity contribution in [1.82, 2.24) is 0 Å². The first-order chi connectivity index (χ1) is 2.91. The largest absolute Gasteiger partial charge is 0.0654 e. The van der Waals surface area contributed by atoms with E-state index < -0.39 is 0 Å². The molecule has 0 spiro atoms. The summed E-state index contributed by atoms with van der Waals surface area (Å²) in [6.45, 7) is 4.46. The maximum atomic E-state index is 2.23. The number of hydrogen-bond acceptors (Lipinski definition) is 0. The third-order valence-electron chi connectivity index (χ3n) is 0.957. The first-order valence-electron chi connectivity index (χ1n) is 2.91. The van der Waals surface area contributed by atoms with Gasteiger partial charge in [-0.3, -0.25) is 0 Å². The van der Waals surface area contributed by atoms with Gasteiger partial charge in [0.05, 0.1) is 0 Å². The molecule has 0 aliphatic rings. The minimum absolute atomic E-state index is 0. The Kier molecular flexibility index (Phi) is 14.6. The first kappa shape index (κ1) is 10.5. The molecule has 7 heavy (non-hydrogen) atoms. The van der Waals surface area contributed by atoms with E-state index in [1.54, 1.807) is 0 Å². The van der Waals surface area contributed by atoms with Gasteiger partial charge in [0.15, 0.2) is 0 Å². The van der Waals surface area contributed by atoms with Gasteiger partial charge in [0.1, 0.15) is 0 Å². The fourth-order valence-corrected chi connectivity index (χ4v) is 0.500. The van der Waals surface area contributed by atoms with Crippen LogP contribution in [0.25, 0.3) is 0 Å². The van der Waals surface area contributed by atoms with Crippen molar-refractivity contribution in [3.05, 3.63) is 0 Å². The Balaban J connectivity index is 0. The molecule has 0 atom stereocenters. The van der Waals surface area contributed by atoms with Gasteiger partial charge in [0, 0.05) is 17.1 Å². The van der Waals surface area contributed by atoms with Crippen molar-refractivity contribution in [3.8, 4) is 0 Å². The standard InChI is InChI=1S/C6H14.Cu/c1-3-5-6-4-2;/h3-6H2,1-2H3;. The second kappa shape index (κ2) is 9.72. The monoisotopic (exact) mass is 149 g/mol. The fourth-order valence-electron chi connectivity index (χ4n) is 0.500. The van der Waals surface area contributed by atoms with Gasteiger partial charge < -0.3 is 0 Å². The van der Waals surface area contributed by atoms with Crippen LogP contribution in [-0.2, 0) is 17.1 Å². The van der Waals surface area contributed by atoms with E-state index in [1.807, 2.05) is 0 Å². The molecule has 0 aromatic rings. The van der Waals surface area contributed by atoms with Crippen LogP contribution in [-0.4, -0.2) is 0 Å². The van der Waals surface area contributed by atoms with Gasteiger partial charge in [0.25, 0.3) is 0 Å². The van der Waals surface area contributed by atoms with E-state index >= 15 is 0 Å². The van der Waals surface area contributed by atoms with E-state index in [1.165, 1.54) is 25.7 Å². The summed E-state index contributed by atoms with van der Waals surface area (Å²) in [5, 5.41) is 0. The molecule has 0 saturated heterocycles. The van der Waals surface area contributed by atoms with E-state index in [0.29, 0.717) is 0 Å². The number of unbranched alkanes of at least 4 members (excludes halogenated alkanes) is 3. The van der Waals surface area contributed by atoms with Gasteiger partial charge in [-0.05, 0) is 0 Å². The van der Waals surface area contributed by atoms with Crippen LogP contribution >= 0.6 is 0 Å². The summed E-state index contributed by atoms with van der Waals surface area (Å²) in [7, 11) is 0. The molecule has 0 saturated carbocycles. The molecule has 0 aromatic carbocycles. The molecule has 0 unspecified atom stereocenters. The van der Waals surface area contributed by atoms with Crippen molar-refractivity contribution in [2.75, 3.05) is 0 Å².